The van der Waals surface area contributed by atoms with Crippen molar-refractivity contribution in [3.8, 4) is 0 Å². The third kappa shape index (κ3) is 3.73. The summed E-state index contributed by atoms with van der Waals surface area (Å²) >= 11 is 0. The summed E-state index contributed by atoms with van der Waals surface area (Å²) < 4.78 is 43.7. The summed E-state index contributed by atoms with van der Waals surface area (Å²) in [5.41, 5.74) is -2.57. The van der Waals surface area contributed by atoms with Crippen LogP contribution in [0, 0.1) is 16.0 Å². The molecular formula is C13H13F3N2O4. The van der Waals surface area contributed by atoms with Crippen LogP contribution in [-0.4, -0.2) is 24.0 Å². The molecule has 9 heteroatoms. The molecule has 2 rings (SSSR count). The summed E-state index contributed by atoms with van der Waals surface area (Å²) in [5.74, 6) is -0.889. The lowest BCUT2D eigenvalue weighted by Crippen LogP contribution is -2.30. The van der Waals surface area contributed by atoms with Crippen molar-refractivity contribution >= 4 is 17.3 Å². The van der Waals surface area contributed by atoms with Gasteiger partial charge in [0.2, 0.25) is 5.91 Å². The molecule has 6 nitrogen and oxygen atoms in total. The molecule has 0 aliphatic carbocycles. The lowest BCUT2D eigenvalue weighted by Gasteiger charge is -2.21. The minimum absolute atomic E-state index is 0.131. The van der Waals surface area contributed by atoms with Crippen molar-refractivity contribution in [2.75, 3.05) is 18.5 Å². The van der Waals surface area contributed by atoms with Gasteiger partial charge in [-0.05, 0) is 25.0 Å². The number of hydrogen-bond donors (Lipinski definition) is 1. The number of alkyl halides is 3. The van der Waals surface area contributed by atoms with Gasteiger partial charge in [-0.2, -0.15) is 13.2 Å². The van der Waals surface area contributed by atoms with E-state index in [-0.39, 0.29) is 12.3 Å². The molecule has 1 amide bonds. The van der Waals surface area contributed by atoms with Crippen LogP contribution in [0.1, 0.15) is 18.4 Å². The molecule has 0 saturated carbocycles. The molecule has 0 aromatic heterocycles. The molecule has 120 valence electrons. The highest BCUT2D eigenvalue weighted by molar-refractivity contribution is 5.93. The standard InChI is InChI=1S/C13H13F3N2O4/c14-13(15,16)10-6-9(3-4-11(10)18(20)21)17-12(19)8-2-1-5-22-7-8/h3-4,6,8H,1-2,5,7H2,(H,17,19)/t8-/m1/s1. The Kier molecular flexibility index (Phi) is 4.65. The first-order valence-electron chi connectivity index (χ1n) is 6.53. The van der Waals surface area contributed by atoms with E-state index in [1.165, 1.54) is 0 Å². The number of hydrogen-bond acceptors (Lipinski definition) is 4. The number of rotatable bonds is 3. The number of carbonyl (C=O) groups is 1. The van der Waals surface area contributed by atoms with Crippen molar-refractivity contribution in [2.45, 2.75) is 19.0 Å². The highest BCUT2D eigenvalue weighted by Crippen LogP contribution is 2.37. The molecule has 1 N–H and O–H groups in total. The van der Waals surface area contributed by atoms with E-state index >= 15 is 0 Å². The average molecular weight is 318 g/mol. The second-order valence-corrected chi connectivity index (χ2v) is 4.89. The molecular weight excluding hydrogens is 305 g/mol. The Morgan fingerprint density at radius 2 is 2.14 bits per heavy atom. The van der Waals surface area contributed by atoms with Gasteiger partial charge in [0.05, 0.1) is 17.4 Å². The number of nitro groups is 1. The Bertz CT molecular complexity index is 583. The number of halogens is 3. The van der Waals surface area contributed by atoms with Crippen LogP contribution in [0.2, 0.25) is 0 Å². The number of anilines is 1. The van der Waals surface area contributed by atoms with E-state index in [4.69, 9.17) is 4.74 Å². The van der Waals surface area contributed by atoms with Gasteiger partial charge in [-0.15, -0.1) is 0 Å². The molecule has 1 saturated heterocycles. The molecule has 0 spiro atoms. The largest absolute Gasteiger partial charge is 0.423 e. The molecule has 0 radical (unpaired) electrons. The van der Waals surface area contributed by atoms with Gasteiger partial charge in [0.25, 0.3) is 5.69 Å². The Balaban J connectivity index is 2.21. The zero-order chi connectivity index (χ0) is 16.3. The summed E-state index contributed by atoms with van der Waals surface area (Å²) in [4.78, 5) is 21.5. The van der Waals surface area contributed by atoms with Crippen LogP contribution in [0.15, 0.2) is 18.2 Å². The number of nitrogens with zero attached hydrogens (tertiary/aromatic N) is 1. The number of carbonyl (C=O) groups excluding carboxylic acids is 1. The highest BCUT2D eigenvalue weighted by atomic mass is 19.4. The molecule has 22 heavy (non-hydrogen) atoms. The summed E-state index contributed by atoms with van der Waals surface area (Å²) in [6.07, 6.45) is -3.59. The topological polar surface area (TPSA) is 81.5 Å². The van der Waals surface area contributed by atoms with Crippen molar-refractivity contribution < 1.29 is 27.6 Å². The molecule has 1 aliphatic rings. The molecule has 1 aromatic carbocycles. The van der Waals surface area contributed by atoms with Gasteiger partial charge in [-0.25, -0.2) is 0 Å². The van der Waals surface area contributed by atoms with Crippen LogP contribution in [0.3, 0.4) is 0 Å². The second kappa shape index (κ2) is 6.30. The molecule has 1 fully saturated rings. The quantitative estimate of drug-likeness (QED) is 0.686. The Morgan fingerprint density at radius 1 is 1.41 bits per heavy atom. The lowest BCUT2D eigenvalue weighted by atomic mass is 10.0. The molecule has 0 unspecified atom stereocenters. The van der Waals surface area contributed by atoms with Gasteiger partial charge in [0, 0.05) is 18.4 Å². The van der Waals surface area contributed by atoms with Crippen LogP contribution >= 0.6 is 0 Å². The zero-order valence-corrected chi connectivity index (χ0v) is 11.4. The van der Waals surface area contributed by atoms with Gasteiger partial charge < -0.3 is 10.1 Å². The van der Waals surface area contributed by atoms with Gasteiger partial charge in [-0.1, -0.05) is 0 Å². The molecule has 1 aromatic rings. The van der Waals surface area contributed by atoms with Gasteiger partial charge in [0.15, 0.2) is 0 Å². The summed E-state index contributed by atoms with van der Waals surface area (Å²) in [6, 6.07) is 2.38. The third-order valence-corrected chi connectivity index (χ3v) is 3.30. The van der Waals surface area contributed by atoms with E-state index in [0.29, 0.717) is 25.5 Å². The van der Waals surface area contributed by atoms with E-state index in [0.717, 1.165) is 12.1 Å². The van der Waals surface area contributed by atoms with Crippen molar-refractivity contribution in [2.24, 2.45) is 5.92 Å². The molecule has 1 aliphatic heterocycles. The number of ether oxygens (including phenoxy) is 1. The van der Waals surface area contributed by atoms with Gasteiger partial charge in [0.1, 0.15) is 5.56 Å². The number of nitro benzene ring substituents is 1. The lowest BCUT2D eigenvalue weighted by molar-refractivity contribution is -0.388. The number of nitrogens with one attached hydrogen (secondary N) is 1. The van der Waals surface area contributed by atoms with Gasteiger partial charge >= 0.3 is 6.18 Å². The third-order valence-electron chi connectivity index (χ3n) is 3.30. The van der Waals surface area contributed by atoms with E-state index in [9.17, 15) is 28.1 Å². The molecule has 1 atom stereocenters. The van der Waals surface area contributed by atoms with Crippen LogP contribution in [0.5, 0.6) is 0 Å². The minimum Gasteiger partial charge on any atom is -0.381 e. The van der Waals surface area contributed by atoms with E-state index in [1.54, 1.807) is 0 Å². The fraction of sp³-hybridized carbons (Fsp3) is 0.462. The average Bonchev–Trinajstić information content (AvgIpc) is 2.47. The van der Waals surface area contributed by atoms with Crippen LogP contribution in [-0.2, 0) is 15.7 Å². The Morgan fingerprint density at radius 3 is 2.68 bits per heavy atom. The fourth-order valence-corrected chi connectivity index (χ4v) is 2.19. The monoisotopic (exact) mass is 318 g/mol. The maximum atomic E-state index is 12.8. The Labute approximate surface area is 123 Å². The first kappa shape index (κ1) is 16.2. The first-order chi connectivity index (χ1) is 10.3. The summed E-state index contributed by atoms with van der Waals surface area (Å²) in [5, 5.41) is 13.0. The highest BCUT2D eigenvalue weighted by Gasteiger charge is 2.38. The maximum absolute atomic E-state index is 12.8. The smallest absolute Gasteiger partial charge is 0.381 e. The molecule has 0 bridgehead atoms. The molecule has 1 heterocycles. The van der Waals surface area contributed by atoms with Crippen molar-refractivity contribution in [3.05, 3.63) is 33.9 Å². The number of amides is 1. The van der Waals surface area contributed by atoms with E-state index in [1.807, 2.05) is 0 Å². The number of benzene rings is 1. The SMILES string of the molecule is O=C(Nc1ccc([N+](=O)[O-])c(C(F)(F)F)c1)[C@@H]1CCCOC1. The van der Waals surface area contributed by atoms with E-state index < -0.39 is 34.2 Å². The Hall–Kier alpha value is -2.16. The van der Waals surface area contributed by atoms with Gasteiger partial charge in [-0.3, -0.25) is 14.9 Å². The van der Waals surface area contributed by atoms with Crippen molar-refractivity contribution in [1.29, 1.82) is 0 Å². The predicted molar refractivity (Wildman–Crippen MR) is 70.3 cm³/mol. The predicted octanol–water partition coefficient (Wildman–Crippen LogP) is 2.98. The normalized spacial score (nSPS) is 18.8. The fourth-order valence-electron chi connectivity index (χ4n) is 2.19. The zero-order valence-electron chi connectivity index (χ0n) is 11.4. The minimum atomic E-state index is -4.88. The maximum Gasteiger partial charge on any atom is 0.423 e. The van der Waals surface area contributed by atoms with Crippen LogP contribution < -0.4 is 5.32 Å². The first-order valence-corrected chi connectivity index (χ1v) is 6.53. The van der Waals surface area contributed by atoms with Crippen molar-refractivity contribution in [3.63, 3.8) is 0 Å². The summed E-state index contributed by atoms with van der Waals surface area (Å²) in [7, 11) is 0. The summed E-state index contributed by atoms with van der Waals surface area (Å²) in [6.45, 7) is 0.768. The van der Waals surface area contributed by atoms with Crippen LogP contribution in [0.4, 0.5) is 24.5 Å². The van der Waals surface area contributed by atoms with Crippen LogP contribution in [0.25, 0.3) is 0 Å². The second-order valence-electron chi connectivity index (χ2n) is 4.89. The van der Waals surface area contributed by atoms with E-state index in [2.05, 4.69) is 5.32 Å². The van der Waals surface area contributed by atoms with Crippen molar-refractivity contribution in [1.82, 2.24) is 0 Å².